The number of unbranched alkanes of at least 4 members (excludes halogenated alkanes) is 1. The predicted molar refractivity (Wildman–Crippen MR) is 103 cm³/mol. The van der Waals surface area contributed by atoms with E-state index in [1.165, 1.54) is 12.1 Å². The van der Waals surface area contributed by atoms with E-state index in [0.717, 1.165) is 18.4 Å². The maximum Gasteiger partial charge on any atom is 0.342 e. The van der Waals surface area contributed by atoms with Gasteiger partial charge in [0.25, 0.3) is 0 Å². The van der Waals surface area contributed by atoms with Crippen LogP contribution in [0.1, 0.15) is 47.5 Å². The number of fused-ring (bicyclic) bond motifs is 1. The van der Waals surface area contributed by atoms with Crippen LogP contribution in [0.15, 0.2) is 33.6 Å². The standard InChI is InChI=1S/C19H23N3O5S/c1-4-5-8-22-17-7-6-14(28(20,24)25)10-16(17)21-18(22)11-26-19(23)15-9-12(2)27-13(15)3/h6-7,9-10H,4-5,8,11H2,1-3H3,(H2,20,24,25). The van der Waals surface area contributed by atoms with E-state index in [1.807, 2.05) is 4.57 Å². The van der Waals surface area contributed by atoms with Crippen molar-refractivity contribution in [2.24, 2.45) is 5.14 Å². The number of imidazole rings is 1. The molecule has 2 aromatic heterocycles. The summed E-state index contributed by atoms with van der Waals surface area (Å²) in [5.41, 5.74) is 1.64. The molecule has 0 bridgehead atoms. The van der Waals surface area contributed by atoms with Crippen molar-refractivity contribution in [2.45, 2.75) is 51.7 Å². The Balaban J connectivity index is 1.92. The molecule has 9 heteroatoms. The summed E-state index contributed by atoms with van der Waals surface area (Å²) >= 11 is 0. The second-order valence-electron chi connectivity index (χ2n) is 6.63. The second-order valence-corrected chi connectivity index (χ2v) is 8.19. The number of ether oxygens (including phenoxy) is 1. The molecule has 0 unspecified atom stereocenters. The highest BCUT2D eigenvalue weighted by Crippen LogP contribution is 2.22. The van der Waals surface area contributed by atoms with Crippen molar-refractivity contribution in [3.05, 3.63) is 47.2 Å². The minimum absolute atomic E-state index is 0.00631. The number of hydrogen-bond donors (Lipinski definition) is 1. The summed E-state index contributed by atoms with van der Waals surface area (Å²) in [6.07, 6.45) is 1.88. The van der Waals surface area contributed by atoms with Gasteiger partial charge in [0.05, 0.1) is 15.9 Å². The Morgan fingerprint density at radius 3 is 2.64 bits per heavy atom. The lowest BCUT2D eigenvalue weighted by atomic mass is 10.2. The summed E-state index contributed by atoms with van der Waals surface area (Å²) < 4.78 is 36.0. The van der Waals surface area contributed by atoms with Crippen molar-refractivity contribution in [3.8, 4) is 0 Å². The molecule has 0 saturated heterocycles. The van der Waals surface area contributed by atoms with Crippen LogP contribution >= 0.6 is 0 Å². The first-order valence-corrected chi connectivity index (χ1v) is 10.5. The average molecular weight is 405 g/mol. The quantitative estimate of drug-likeness (QED) is 0.604. The predicted octanol–water partition coefficient (Wildman–Crippen LogP) is 3.05. The first-order valence-electron chi connectivity index (χ1n) is 8.97. The number of hydrogen-bond acceptors (Lipinski definition) is 6. The van der Waals surface area contributed by atoms with Crippen LogP contribution in [0.5, 0.6) is 0 Å². The van der Waals surface area contributed by atoms with Gasteiger partial charge in [-0.05, 0) is 44.5 Å². The van der Waals surface area contributed by atoms with Crippen molar-refractivity contribution >= 4 is 27.0 Å². The summed E-state index contributed by atoms with van der Waals surface area (Å²) in [5, 5.41) is 5.21. The van der Waals surface area contributed by atoms with Gasteiger partial charge in [0, 0.05) is 6.54 Å². The Hall–Kier alpha value is -2.65. The minimum Gasteiger partial charge on any atom is -0.466 e. The lowest BCUT2D eigenvalue weighted by Crippen LogP contribution is -2.12. The molecule has 0 radical (unpaired) electrons. The number of aryl methyl sites for hydroxylation is 3. The van der Waals surface area contributed by atoms with Crippen LogP contribution in [-0.2, 0) is 27.9 Å². The van der Waals surface area contributed by atoms with Gasteiger partial charge in [-0.1, -0.05) is 13.3 Å². The summed E-state index contributed by atoms with van der Waals surface area (Å²) in [4.78, 5) is 16.8. The van der Waals surface area contributed by atoms with Gasteiger partial charge in [0.1, 0.15) is 29.5 Å². The van der Waals surface area contributed by atoms with E-state index in [-0.39, 0.29) is 11.5 Å². The summed E-state index contributed by atoms with van der Waals surface area (Å²) in [6, 6.07) is 6.19. The Bertz CT molecular complexity index is 1130. The Labute approximate surface area is 163 Å². The van der Waals surface area contributed by atoms with Gasteiger partial charge in [0.2, 0.25) is 10.0 Å². The largest absolute Gasteiger partial charge is 0.466 e. The molecule has 0 spiro atoms. The number of carbonyl (C=O) groups excluding carboxylic acids is 1. The smallest absolute Gasteiger partial charge is 0.342 e. The van der Waals surface area contributed by atoms with Gasteiger partial charge in [-0.25, -0.2) is 23.3 Å². The number of furan rings is 1. The average Bonchev–Trinajstić information content (AvgIpc) is 3.15. The van der Waals surface area contributed by atoms with E-state index in [4.69, 9.17) is 14.3 Å². The van der Waals surface area contributed by atoms with E-state index in [2.05, 4.69) is 11.9 Å². The zero-order chi connectivity index (χ0) is 20.5. The highest BCUT2D eigenvalue weighted by molar-refractivity contribution is 7.89. The van der Waals surface area contributed by atoms with Crippen LogP contribution < -0.4 is 5.14 Å². The molecule has 8 nitrogen and oxygen atoms in total. The third-order valence-corrected chi connectivity index (χ3v) is 5.37. The summed E-state index contributed by atoms with van der Waals surface area (Å²) in [5.74, 6) is 1.19. The van der Waals surface area contributed by atoms with Crippen molar-refractivity contribution in [1.29, 1.82) is 0 Å². The molecular formula is C19H23N3O5S. The highest BCUT2D eigenvalue weighted by atomic mass is 32.2. The summed E-state index contributed by atoms with van der Waals surface area (Å²) in [6.45, 7) is 6.18. The number of nitrogens with two attached hydrogens (primary N) is 1. The molecule has 3 rings (SSSR count). The number of rotatable bonds is 7. The molecule has 0 atom stereocenters. The van der Waals surface area contributed by atoms with Gasteiger partial charge < -0.3 is 13.7 Å². The lowest BCUT2D eigenvalue weighted by molar-refractivity contribution is 0.0456. The molecule has 0 aliphatic rings. The molecule has 0 aliphatic carbocycles. The van der Waals surface area contributed by atoms with Crippen molar-refractivity contribution < 1.29 is 22.4 Å². The van der Waals surface area contributed by atoms with Gasteiger partial charge in [-0.15, -0.1) is 0 Å². The number of sulfonamides is 1. The zero-order valence-corrected chi connectivity index (χ0v) is 16.9. The van der Waals surface area contributed by atoms with Gasteiger partial charge in [-0.2, -0.15) is 0 Å². The number of primary sulfonamides is 1. The molecule has 0 amide bonds. The molecule has 0 aliphatic heterocycles. The number of benzene rings is 1. The van der Waals surface area contributed by atoms with Crippen LogP contribution in [-0.4, -0.2) is 23.9 Å². The van der Waals surface area contributed by atoms with Gasteiger partial charge in [0.15, 0.2) is 0 Å². The first kappa shape index (κ1) is 20.1. The van der Waals surface area contributed by atoms with Crippen LogP contribution in [0, 0.1) is 13.8 Å². The first-order chi connectivity index (χ1) is 13.2. The molecule has 150 valence electrons. The number of aromatic nitrogens is 2. The topological polar surface area (TPSA) is 117 Å². The lowest BCUT2D eigenvalue weighted by Gasteiger charge is -2.09. The monoisotopic (exact) mass is 405 g/mol. The van der Waals surface area contributed by atoms with E-state index >= 15 is 0 Å². The van der Waals surface area contributed by atoms with Crippen molar-refractivity contribution in [3.63, 3.8) is 0 Å². The molecule has 0 fully saturated rings. The van der Waals surface area contributed by atoms with Gasteiger partial charge >= 0.3 is 5.97 Å². The Morgan fingerprint density at radius 1 is 1.29 bits per heavy atom. The molecule has 2 heterocycles. The maximum atomic E-state index is 12.4. The van der Waals surface area contributed by atoms with Crippen molar-refractivity contribution in [2.75, 3.05) is 0 Å². The van der Waals surface area contributed by atoms with E-state index < -0.39 is 16.0 Å². The third kappa shape index (κ3) is 4.10. The fourth-order valence-electron chi connectivity index (χ4n) is 3.05. The fourth-order valence-corrected chi connectivity index (χ4v) is 3.59. The molecule has 1 aromatic carbocycles. The maximum absolute atomic E-state index is 12.4. The number of nitrogens with zero attached hydrogens (tertiary/aromatic N) is 2. The normalized spacial score (nSPS) is 11.9. The third-order valence-electron chi connectivity index (χ3n) is 4.46. The van der Waals surface area contributed by atoms with E-state index in [9.17, 15) is 13.2 Å². The molecule has 3 aromatic rings. The summed E-state index contributed by atoms with van der Waals surface area (Å²) in [7, 11) is -3.82. The fraction of sp³-hybridized carbons (Fsp3) is 0.368. The second kappa shape index (κ2) is 7.76. The van der Waals surface area contributed by atoms with Crippen LogP contribution in [0.2, 0.25) is 0 Å². The van der Waals surface area contributed by atoms with Crippen molar-refractivity contribution in [1.82, 2.24) is 9.55 Å². The van der Waals surface area contributed by atoms with Crippen LogP contribution in [0.4, 0.5) is 0 Å². The SMILES string of the molecule is CCCCn1c(COC(=O)c2cc(C)oc2C)nc2cc(S(N)(=O)=O)ccc21. The van der Waals surface area contributed by atoms with Gasteiger partial charge in [-0.3, -0.25) is 0 Å². The van der Waals surface area contributed by atoms with E-state index in [1.54, 1.807) is 26.0 Å². The number of esters is 1. The number of carbonyl (C=O) groups is 1. The van der Waals surface area contributed by atoms with Crippen LogP contribution in [0.3, 0.4) is 0 Å². The zero-order valence-electron chi connectivity index (χ0n) is 16.1. The Morgan fingerprint density at radius 2 is 2.04 bits per heavy atom. The molecule has 28 heavy (non-hydrogen) atoms. The van der Waals surface area contributed by atoms with Crippen LogP contribution in [0.25, 0.3) is 11.0 Å². The highest BCUT2D eigenvalue weighted by Gasteiger charge is 2.18. The molecule has 2 N–H and O–H groups in total. The van der Waals surface area contributed by atoms with E-state index in [0.29, 0.717) is 35.0 Å². The molecular weight excluding hydrogens is 382 g/mol. The molecule has 0 saturated carbocycles. The Kier molecular flexibility index (Phi) is 5.57. The minimum atomic E-state index is -3.82.